The smallest absolute Gasteiger partial charge is 0.135 e. The number of hydrogen-bond donors (Lipinski definition) is 2. The first-order valence-electron chi connectivity index (χ1n) is 9.90. The van der Waals surface area contributed by atoms with Crippen LogP contribution in [-0.2, 0) is 0 Å². The van der Waals surface area contributed by atoms with E-state index in [4.69, 9.17) is 17.0 Å². The molecular formula is C21H26ClN5OS. The van der Waals surface area contributed by atoms with Crippen LogP contribution in [0.25, 0.3) is 16.8 Å². The first kappa shape index (κ1) is 20.3. The predicted molar refractivity (Wildman–Crippen MR) is 120 cm³/mol. The third kappa shape index (κ3) is 4.64. The van der Waals surface area contributed by atoms with Gasteiger partial charge in [0.2, 0.25) is 0 Å². The molecule has 0 radical (unpaired) electrons. The summed E-state index contributed by atoms with van der Waals surface area (Å²) in [7, 11) is 2.16. The van der Waals surface area contributed by atoms with Crippen molar-refractivity contribution in [3.05, 3.63) is 45.4 Å². The lowest BCUT2D eigenvalue weighted by Crippen LogP contribution is -2.45. The van der Waals surface area contributed by atoms with Gasteiger partial charge in [0.1, 0.15) is 16.6 Å². The van der Waals surface area contributed by atoms with Crippen molar-refractivity contribution in [1.29, 1.82) is 5.41 Å². The Kier molecular flexibility index (Phi) is 6.20. The van der Waals surface area contributed by atoms with Gasteiger partial charge in [-0.05, 0) is 32.1 Å². The number of aliphatic hydroxyl groups excluding tert-OH is 1. The number of aliphatic hydroxyl groups is 1. The minimum absolute atomic E-state index is 0.242. The van der Waals surface area contributed by atoms with Crippen molar-refractivity contribution < 1.29 is 5.11 Å². The van der Waals surface area contributed by atoms with E-state index in [1.807, 2.05) is 34.5 Å². The summed E-state index contributed by atoms with van der Waals surface area (Å²) in [5.74, 6) is 0.615. The minimum atomic E-state index is 0.242. The number of piperazine rings is 1. The summed E-state index contributed by atoms with van der Waals surface area (Å²) >= 11 is 7.42. The topological polar surface area (TPSA) is 66.7 Å². The minimum Gasteiger partial charge on any atom is -0.510 e. The fraction of sp³-hybridized carbons (Fsp3) is 0.429. The molecule has 2 aromatic rings. The number of thiazole rings is 1. The van der Waals surface area contributed by atoms with E-state index in [1.54, 1.807) is 0 Å². The fourth-order valence-electron chi connectivity index (χ4n) is 3.75. The second-order valence-electron chi connectivity index (χ2n) is 7.64. The van der Waals surface area contributed by atoms with E-state index in [9.17, 15) is 5.11 Å². The summed E-state index contributed by atoms with van der Waals surface area (Å²) in [4.78, 5) is 11.4. The lowest BCUT2D eigenvalue weighted by atomic mass is 10.2. The zero-order chi connectivity index (χ0) is 20.4. The van der Waals surface area contributed by atoms with Gasteiger partial charge >= 0.3 is 0 Å². The quantitative estimate of drug-likeness (QED) is 0.730. The van der Waals surface area contributed by atoms with Crippen molar-refractivity contribution in [2.75, 3.05) is 52.9 Å². The first-order chi connectivity index (χ1) is 14.0. The maximum Gasteiger partial charge on any atom is 0.135 e. The Balaban J connectivity index is 1.36. The Morgan fingerprint density at radius 3 is 2.59 bits per heavy atom. The SMILES string of the molecule is CN1CCN(CCCN2CC(O)=C(c3nc(-c4ccc(Cl)cc4)cs3)C2=N)CC1. The number of rotatable bonds is 6. The van der Waals surface area contributed by atoms with E-state index < -0.39 is 0 Å². The van der Waals surface area contributed by atoms with Gasteiger partial charge < -0.3 is 19.8 Å². The van der Waals surface area contributed by atoms with Gasteiger partial charge in [-0.2, -0.15) is 0 Å². The van der Waals surface area contributed by atoms with Gasteiger partial charge in [-0.3, -0.25) is 5.41 Å². The fourth-order valence-corrected chi connectivity index (χ4v) is 4.77. The molecule has 0 unspecified atom stereocenters. The van der Waals surface area contributed by atoms with E-state index in [0.29, 0.717) is 28.0 Å². The Morgan fingerprint density at radius 1 is 1.14 bits per heavy atom. The molecular weight excluding hydrogens is 406 g/mol. The Hall–Kier alpha value is -1.93. The van der Waals surface area contributed by atoms with Crippen LogP contribution in [0, 0.1) is 5.41 Å². The Morgan fingerprint density at radius 2 is 1.86 bits per heavy atom. The summed E-state index contributed by atoms with van der Waals surface area (Å²) in [5, 5.41) is 22.4. The van der Waals surface area contributed by atoms with E-state index in [-0.39, 0.29) is 5.76 Å². The molecule has 0 saturated carbocycles. The van der Waals surface area contributed by atoms with Crippen LogP contribution in [0.2, 0.25) is 5.02 Å². The van der Waals surface area contributed by atoms with Crippen LogP contribution < -0.4 is 0 Å². The van der Waals surface area contributed by atoms with E-state index in [2.05, 4.69) is 21.8 Å². The van der Waals surface area contributed by atoms with Gasteiger partial charge in [-0.15, -0.1) is 11.3 Å². The molecule has 2 aliphatic heterocycles. The average Bonchev–Trinajstić information content (AvgIpc) is 3.28. The largest absolute Gasteiger partial charge is 0.510 e. The van der Waals surface area contributed by atoms with Crippen molar-refractivity contribution >= 4 is 34.3 Å². The van der Waals surface area contributed by atoms with Crippen LogP contribution in [0.4, 0.5) is 0 Å². The standard InChI is InChI=1S/C21H26ClN5OS/c1-25-9-11-26(12-10-25)7-2-8-27-13-18(28)19(20(27)23)21-24-17(14-29-21)15-3-5-16(22)6-4-15/h3-6,14,23,28H,2,7-13H2,1H3. The maximum absolute atomic E-state index is 10.5. The number of aromatic nitrogens is 1. The molecule has 3 heterocycles. The summed E-state index contributed by atoms with van der Waals surface area (Å²) < 4.78 is 0. The molecule has 0 spiro atoms. The lowest BCUT2D eigenvalue weighted by Gasteiger charge is -2.32. The third-order valence-corrected chi connectivity index (χ3v) is 6.65. The zero-order valence-electron chi connectivity index (χ0n) is 16.6. The van der Waals surface area contributed by atoms with Gasteiger partial charge in [0.25, 0.3) is 0 Å². The Labute approximate surface area is 180 Å². The number of amidine groups is 1. The van der Waals surface area contributed by atoms with Crippen LogP contribution in [0.1, 0.15) is 11.4 Å². The monoisotopic (exact) mass is 431 g/mol. The van der Waals surface area contributed by atoms with Crippen molar-refractivity contribution in [3.8, 4) is 11.3 Å². The van der Waals surface area contributed by atoms with Crippen LogP contribution in [0.15, 0.2) is 35.4 Å². The molecule has 2 aliphatic rings. The number of hydrogen-bond acceptors (Lipinski definition) is 6. The highest BCUT2D eigenvalue weighted by molar-refractivity contribution is 7.11. The molecule has 154 valence electrons. The summed E-state index contributed by atoms with van der Waals surface area (Å²) in [6, 6.07) is 7.54. The molecule has 6 nitrogen and oxygen atoms in total. The van der Waals surface area contributed by atoms with E-state index >= 15 is 0 Å². The predicted octanol–water partition coefficient (Wildman–Crippen LogP) is 3.66. The number of nitrogens with one attached hydrogen (secondary N) is 1. The van der Waals surface area contributed by atoms with Crippen molar-refractivity contribution in [2.24, 2.45) is 0 Å². The van der Waals surface area contributed by atoms with Gasteiger partial charge in [-0.25, -0.2) is 4.98 Å². The lowest BCUT2D eigenvalue weighted by molar-refractivity contribution is 0.150. The van der Waals surface area contributed by atoms with Gasteiger partial charge in [-0.1, -0.05) is 23.7 Å². The molecule has 1 saturated heterocycles. The van der Waals surface area contributed by atoms with Crippen LogP contribution in [0.3, 0.4) is 0 Å². The van der Waals surface area contributed by atoms with Gasteiger partial charge in [0, 0.05) is 48.7 Å². The van der Waals surface area contributed by atoms with Gasteiger partial charge in [0.15, 0.2) is 0 Å². The number of nitrogens with zero attached hydrogens (tertiary/aromatic N) is 4. The molecule has 29 heavy (non-hydrogen) atoms. The molecule has 2 N–H and O–H groups in total. The molecule has 0 aliphatic carbocycles. The molecule has 1 aromatic carbocycles. The second-order valence-corrected chi connectivity index (χ2v) is 8.93. The van der Waals surface area contributed by atoms with E-state index in [0.717, 1.165) is 56.9 Å². The van der Waals surface area contributed by atoms with Crippen molar-refractivity contribution in [3.63, 3.8) is 0 Å². The zero-order valence-corrected chi connectivity index (χ0v) is 18.1. The highest BCUT2D eigenvalue weighted by Crippen LogP contribution is 2.32. The third-order valence-electron chi connectivity index (χ3n) is 5.54. The van der Waals surface area contributed by atoms with Crippen molar-refractivity contribution in [2.45, 2.75) is 6.42 Å². The molecule has 8 heteroatoms. The van der Waals surface area contributed by atoms with Crippen LogP contribution >= 0.6 is 22.9 Å². The first-order valence-corrected chi connectivity index (χ1v) is 11.2. The summed E-state index contributed by atoms with van der Waals surface area (Å²) in [5.41, 5.74) is 2.38. The number of benzene rings is 1. The van der Waals surface area contributed by atoms with Crippen molar-refractivity contribution in [1.82, 2.24) is 19.7 Å². The molecule has 1 fully saturated rings. The molecule has 0 amide bonds. The highest BCUT2D eigenvalue weighted by atomic mass is 35.5. The van der Waals surface area contributed by atoms with E-state index in [1.165, 1.54) is 11.3 Å². The second kappa shape index (κ2) is 8.83. The summed E-state index contributed by atoms with van der Waals surface area (Å²) in [6.45, 7) is 6.65. The van der Waals surface area contributed by atoms with Crippen LogP contribution in [-0.4, -0.2) is 83.5 Å². The van der Waals surface area contributed by atoms with Gasteiger partial charge in [0.05, 0.1) is 17.8 Å². The normalized spacial score (nSPS) is 18.8. The molecule has 0 atom stereocenters. The molecule has 4 rings (SSSR count). The Bertz CT molecular complexity index is 902. The highest BCUT2D eigenvalue weighted by Gasteiger charge is 2.30. The maximum atomic E-state index is 10.5. The summed E-state index contributed by atoms with van der Waals surface area (Å²) in [6.07, 6.45) is 0.987. The number of halogens is 1. The molecule has 0 bridgehead atoms. The average molecular weight is 432 g/mol. The number of likely N-dealkylation sites (N-methyl/N-ethyl adjacent to an activating group) is 1. The van der Waals surface area contributed by atoms with Crippen LogP contribution in [0.5, 0.6) is 0 Å². The molecule has 1 aromatic heterocycles.